The van der Waals surface area contributed by atoms with Crippen molar-refractivity contribution in [1.82, 2.24) is 13.9 Å². The maximum absolute atomic E-state index is 13.4. The molecule has 11 heteroatoms. The topological polar surface area (TPSA) is 64.4 Å². The van der Waals surface area contributed by atoms with Crippen LogP contribution >= 0.6 is 0 Å². The highest BCUT2D eigenvalue weighted by Gasteiger charge is 2.41. The first-order chi connectivity index (χ1) is 15.5. The van der Waals surface area contributed by atoms with E-state index >= 15 is 0 Å². The van der Waals surface area contributed by atoms with Crippen LogP contribution in [0.3, 0.4) is 0 Å². The van der Waals surface area contributed by atoms with E-state index in [2.05, 4.69) is 4.98 Å². The molecule has 176 valence electrons. The van der Waals surface area contributed by atoms with Crippen LogP contribution in [0.2, 0.25) is 0 Å². The number of hydrogen-bond donors (Lipinski definition) is 0. The molecule has 3 aromatic rings. The molecule has 0 bridgehead atoms. The van der Waals surface area contributed by atoms with Crippen LogP contribution in [0.5, 0.6) is 5.75 Å². The largest absolute Gasteiger partial charge is 0.493 e. The van der Waals surface area contributed by atoms with Gasteiger partial charge >= 0.3 is 6.18 Å². The van der Waals surface area contributed by atoms with Crippen molar-refractivity contribution in [2.45, 2.75) is 17.1 Å². The molecule has 4 rings (SSSR count). The molecule has 2 atom stereocenters. The number of rotatable bonds is 6. The molecule has 6 nitrogen and oxygen atoms in total. The van der Waals surface area contributed by atoms with E-state index in [-0.39, 0.29) is 42.3 Å². The van der Waals surface area contributed by atoms with Crippen molar-refractivity contribution in [3.05, 3.63) is 78.0 Å². The van der Waals surface area contributed by atoms with Gasteiger partial charge in [0.15, 0.2) is 5.03 Å². The van der Waals surface area contributed by atoms with Gasteiger partial charge in [0.1, 0.15) is 11.6 Å². The Morgan fingerprint density at radius 1 is 1.12 bits per heavy atom. The Morgan fingerprint density at radius 3 is 2.48 bits per heavy atom. The van der Waals surface area contributed by atoms with E-state index < -0.39 is 27.6 Å². The third kappa shape index (κ3) is 5.03. The van der Waals surface area contributed by atoms with Crippen LogP contribution in [-0.4, -0.2) is 42.0 Å². The molecule has 2 heterocycles. The van der Waals surface area contributed by atoms with Crippen molar-refractivity contribution in [3.8, 4) is 5.75 Å². The Balaban J connectivity index is 1.58. The molecule has 1 aliphatic heterocycles. The van der Waals surface area contributed by atoms with Crippen molar-refractivity contribution in [1.29, 1.82) is 0 Å². The number of alkyl halides is 3. The summed E-state index contributed by atoms with van der Waals surface area (Å²) in [6.45, 7) is 0.179. The second-order valence-electron chi connectivity index (χ2n) is 7.95. The van der Waals surface area contributed by atoms with Crippen LogP contribution in [0.1, 0.15) is 17.0 Å². The lowest BCUT2D eigenvalue weighted by atomic mass is 9.89. The molecule has 0 radical (unpaired) electrons. The summed E-state index contributed by atoms with van der Waals surface area (Å²) in [7, 11) is -2.23. The second-order valence-corrected chi connectivity index (χ2v) is 9.84. The second kappa shape index (κ2) is 8.79. The molecule has 1 saturated heterocycles. The summed E-state index contributed by atoms with van der Waals surface area (Å²) in [5, 5.41) is -0.0951. The highest BCUT2D eigenvalue weighted by molar-refractivity contribution is 7.89. The lowest BCUT2D eigenvalue weighted by Gasteiger charge is -2.19. The summed E-state index contributed by atoms with van der Waals surface area (Å²) in [5.41, 5.74) is -0.117. The lowest BCUT2D eigenvalue weighted by molar-refractivity contribution is -0.137. The SMILES string of the molecule is Cn1cnc(S(=O)(=O)N2C[C@H](COc3cccc(C(F)(F)F)c3)[C@@H](c3ccc(F)cc3)C2)c1. The Kier molecular flexibility index (Phi) is 6.19. The van der Waals surface area contributed by atoms with Crippen LogP contribution in [0, 0.1) is 11.7 Å². The fraction of sp³-hybridized carbons (Fsp3) is 0.318. The molecule has 1 fully saturated rings. The van der Waals surface area contributed by atoms with Gasteiger partial charge in [0, 0.05) is 38.2 Å². The zero-order chi connectivity index (χ0) is 23.8. The zero-order valence-electron chi connectivity index (χ0n) is 17.5. The van der Waals surface area contributed by atoms with Crippen molar-refractivity contribution in [3.63, 3.8) is 0 Å². The van der Waals surface area contributed by atoms with Crippen LogP contribution in [0.4, 0.5) is 17.6 Å². The quantitative estimate of drug-likeness (QED) is 0.496. The number of imidazole rings is 1. The monoisotopic (exact) mass is 483 g/mol. The molecule has 2 aromatic carbocycles. The number of sulfonamides is 1. The molecule has 0 amide bonds. The van der Waals surface area contributed by atoms with Crippen molar-refractivity contribution >= 4 is 10.0 Å². The molecule has 0 saturated carbocycles. The Hall–Kier alpha value is -2.92. The lowest BCUT2D eigenvalue weighted by Crippen LogP contribution is -2.30. The maximum Gasteiger partial charge on any atom is 0.416 e. The molecule has 0 unspecified atom stereocenters. The number of nitrogens with zero attached hydrogens (tertiary/aromatic N) is 3. The van der Waals surface area contributed by atoms with Crippen LogP contribution in [0.25, 0.3) is 0 Å². The first-order valence-electron chi connectivity index (χ1n) is 10.1. The van der Waals surface area contributed by atoms with Crippen LogP contribution in [0.15, 0.2) is 66.1 Å². The van der Waals surface area contributed by atoms with Crippen LogP contribution in [-0.2, 0) is 23.2 Å². The van der Waals surface area contributed by atoms with Gasteiger partial charge in [-0.3, -0.25) is 0 Å². The number of hydrogen-bond acceptors (Lipinski definition) is 4. The summed E-state index contributed by atoms with van der Waals surface area (Å²) in [4.78, 5) is 3.94. The Bertz CT molecular complexity index is 1230. The average Bonchev–Trinajstić information content (AvgIpc) is 3.40. The molecule has 0 N–H and O–H groups in total. The van der Waals surface area contributed by atoms with Gasteiger partial charge in [-0.05, 0) is 35.9 Å². The number of benzene rings is 2. The summed E-state index contributed by atoms with van der Waals surface area (Å²) in [6.07, 6.45) is -1.72. The van der Waals surface area contributed by atoms with E-state index in [0.717, 1.165) is 12.1 Å². The normalized spacial score (nSPS) is 19.7. The molecule has 1 aliphatic rings. The third-order valence-corrected chi connectivity index (χ3v) is 7.33. The predicted molar refractivity (Wildman–Crippen MR) is 112 cm³/mol. The van der Waals surface area contributed by atoms with Gasteiger partial charge < -0.3 is 9.30 Å². The summed E-state index contributed by atoms with van der Waals surface area (Å²) >= 11 is 0. The number of ether oxygens (including phenoxy) is 1. The van der Waals surface area contributed by atoms with Crippen molar-refractivity contribution < 1.29 is 30.7 Å². The molecule has 1 aromatic heterocycles. The van der Waals surface area contributed by atoms with E-state index in [4.69, 9.17) is 4.74 Å². The Labute approximate surface area is 188 Å². The van der Waals surface area contributed by atoms with E-state index in [9.17, 15) is 26.0 Å². The van der Waals surface area contributed by atoms with Crippen LogP contribution < -0.4 is 4.74 Å². The summed E-state index contributed by atoms with van der Waals surface area (Å²) < 4.78 is 87.1. The van der Waals surface area contributed by atoms with Crippen molar-refractivity contribution in [2.75, 3.05) is 19.7 Å². The summed E-state index contributed by atoms with van der Waals surface area (Å²) in [5.74, 6) is -1.10. The number of aryl methyl sites for hydroxylation is 1. The maximum atomic E-state index is 13.4. The van der Waals surface area contributed by atoms with Gasteiger partial charge in [0.25, 0.3) is 10.0 Å². The van der Waals surface area contributed by atoms with E-state index in [1.807, 2.05) is 0 Å². The van der Waals surface area contributed by atoms with Gasteiger partial charge in [-0.15, -0.1) is 0 Å². The smallest absolute Gasteiger partial charge is 0.416 e. The average molecular weight is 483 g/mol. The highest BCUT2D eigenvalue weighted by Crippen LogP contribution is 2.37. The van der Waals surface area contributed by atoms with E-state index in [1.54, 1.807) is 19.2 Å². The van der Waals surface area contributed by atoms with Gasteiger partial charge in [0.05, 0.1) is 18.5 Å². The first kappa shape index (κ1) is 23.2. The standard InChI is InChI=1S/C22H21F4N3O3S/c1-28-12-21(27-14-28)33(30,31)29-10-16(20(11-29)15-5-7-18(23)8-6-15)13-32-19-4-2-3-17(9-19)22(24,25)26/h2-9,12,14,16,20H,10-11,13H2,1H3/t16-,20-/m1/s1. The molecular formula is C22H21F4N3O3S. The molecule has 33 heavy (non-hydrogen) atoms. The minimum atomic E-state index is -4.50. The fourth-order valence-electron chi connectivity index (χ4n) is 3.90. The highest BCUT2D eigenvalue weighted by atomic mass is 32.2. The summed E-state index contributed by atoms with van der Waals surface area (Å²) in [6, 6.07) is 10.3. The van der Waals surface area contributed by atoms with Gasteiger partial charge in [-0.25, -0.2) is 17.8 Å². The predicted octanol–water partition coefficient (Wildman–Crippen LogP) is 4.06. The fourth-order valence-corrected chi connectivity index (χ4v) is 5.39. The molecular weight excluding hydrogens is 462 g/mol. The Morgan fingerprint density at radius 2 is 1.85 bits per heavy atom. The van der Waals surface area contributed by atoms with Gasteiger partial charge in [-0.1, -0.05) is 18.2 Å². The van der Waals surface area contributed by atoms with E-state index in [1.165, 1.54) is 45.7 Å². The van der Waals surface area contributed by atoms with Crippen molar-refractivity contribution in [2.24, 2.45) is 13.0 Å². The zero-order valence-corrected chi connectivity index (χ0v) is 18.4. The number of halogens is 4. The molecule has 0 spiro atoms. The minimum absolute atomic E-state index is 0.0163. The minimum Gasteiger partial charge on any atom is -0.493 e. The third-order valence-electron chi connectivity index (χ3n) is 5.62. The molecule has 0 aliphatic carbocycles. The van der Waals surface area contributed by atoms with Gasteiger partial charge in [0.2, 0.25) is 0 Å². The van der Waals surface area contributed by atoms with Gasteiger partial charge in [-0.2, -0.15) is 17.5 Å². The first-order valence-corrected chi connectivity index (χ1v) is 11.5. The number of aromatic nitrogens is 2. The van der Waals surface area contributed by atoms with E-state index in [0.29, 0.717) is 5.56 Å².